The number of hydrogen-bond donors (Lipinski definition) is 2. The molecule has 0 amide bonds. The topological polar surface area (TPSA) is 78.9 Å². The zero-order valence-electron chi connectivity index (χ0n) is 12.9. The third kappa shape index (κ3) is 4.40. The first-order chi connectivity index (χ1) is 10.6. The lowest BCUT2D eigenvalue weighted by atomic mass is 9.90. The summed E-state index contributed by atoms with van der Waals surface area (Å²) in [6, 6.07) is 4.14. The van der Waals surface area contributed by atoms with Crippen molar-refractivity contribution in [3.63, 3.8) is 0 Å². The Bertz CT molecular complexity index is 673. The van der Waals surface area contributed by atoms with E-state index in [0.29, 0.717) is 18.7 Å². The first-order valence-electron chi connectivity index (χ1n) is 7.04. The molecule has 0 spiro atoms. The van der Waals surface area contributed by atoms with Crippen LogP contribution in [0.25, 0.3) is 0 Å². The molecule has 0 saturated carbocycles. The maximum Gasteiger partial charge on any atom is 0.211 e. The minimum absolute atomic E-state index is 0.0303. The zero-order valence-corrected chi connectivity index (χ0v) is 14.5. The molecule has 130 valence electrons. The van der Waals surface area contributed by atoms with E-state index in [0.717, 1.165) is 10.6 Å². The van der Waals surface area contributed by atoms with Crippen molar-refractivity contribution in [3.05, 3.63) is 34.6 Å². The van der Waals surface area contributed by atoms with Crippen LogP contribution in [-0.2, 0) is 14.8 Å². The average molecular weight is 367 g/mol. The molecule has 1 aliphatic rings. The number of ether oxygens (including phenoxy) is 1. The Hall–Kier alpha value is -0.770. The summed E-state index contributed by atoms with van der Waals surface area (Å²) in [5.74, 6) is -0.621. The second kappa shape index (κ2) is 7.00. The van der Waals surface area contributed by atoms with Gasteiger partial charge in [0.15, 0.2) is 0 Å². The first-order valence-corrected chi connectivity index (χ1v) is 9.27. The minimum Gasteiger partial charge on any atom is -0.384 e. The lowest BCUT2D eigenvalue weighted by Gasteiger charge is -2.36. The van der Waals surface area contributed by atoms with Crippen molar-refractivity contribution in [2.75, 3.05) is 39.5 Å². The number of sulfonamides is 1. The van der Waals surface area contributed by atoms with Crippen LogP contribution in [0.15, 0.2) is 18.2 Å². The van der Waals surface area contributed by atoms with Gasteiger partial charge in [-0.25, -0.2) is 17.1 Å². The van der Waals surface area contributed by atoms with Gasteiger partial charge in [0.1, 0.15) is 17.5 Å². The van der Waals surface area contributed by atoms with Crippen molar-refractivity contribution in [1.29, 1.82) is 0 Å². The molecule has 2 N–H and O–H groups in total. The molecular formula is C14H20ClFN2O4S. The second-order valence-corrected chi connectivity index (χ2v) is 8.22. The van der Waals surface area contributed by atoms with Gasteiger partial charge in [0.2, 0.25) is 10.0 Å². The fourth-order valence-corrected chi connectivity index (χ4v) is 3.10. The maximum atomic E-state index is 13.7. The smallest absolute Gasteiger partial charge is 0.211 e. The van der Waals surface area contributed by atoms with Crippen LogP contribution in [0.1, 0.15) is 11.7 Å². The largest absolute Gasteiger partial charge is 0.384 e. The van der Waals surface area contributed by atoms with Crippen LogP contribution in [0.2, 0.25) is 5.02 Å². The average Bonchev–Trinajstić information content (AvgIpc) is 2.63. The lowest BCUT2D eigenvalue weighted by molar-refractivity contribution is -0.0998. The molecule has 0 aromatic heterocycles. The molecule has 6 nitrogen and oxygen atoms in total. The van der Waals surface area contributed by atoms with Crippen molar-refractivity contribution < 1.29 is 22.7 Å². The molecular weight excluding hydrogens is 347 g/mol. The van der Waals surface area contributed by atoms with Crippen LogP contribution >= 0.6 is 11.6 Å². The van der Waals surface area contributed by atoms with Gasteiger partial charge in [-0.3, -0.25) is 0 Å². The van der Waals surface area contributed by atoms with Crippen LogP contribution in [0, 0.1) is 5.82 Å². The first kappa shape index (κ1) is 18.6. The van der Waals surface area contributed by atoms with Crippen molar-refractivity contribution in [3.8, 4) is 0 Å². The number of hydrogen-bond acceptors (Lipinski definition) is 5. The predicted molar refractivity (Wildman–Crippen MR) is 85.4 cm³/mol. The number of rotatable bonds is 4. The van der Waals surface area contributed by atoms with E-state index < -0.39 is 27.5 Å². The third-order valence-corrected chi connectivity index (χ3v) is 5.36. The Morgan fingerprint density at radius 1 is 1.57 bits per heavy atom. The Kier molecular flexibility index (Phi) is 5.65. The van der Waals surface area contributed by atoms with Gasteiger partial charge < -0.3 is 15.2 Å². The fraction of sp³-hybridized carbons (Fsp3) is 0.571. The molecule has 23 heavy (non-hydrogen) atoms. The van der Waals surface area contributed by atoms with Crippen LogP contribution < -0.4 is 5.32 Å². The number of halogens is 2. The summed E-state index contributed by atoms with van der Waals surface area (Å²) in [6.07, 6.45) is 0.173. The highest BCUT2D eigenvalue weighted by Gasteiger charge is 2.42. The zero-order chi connectivity index (χ0) is 17.3. The van der Waals surface area contributed by atoms with Crippen LogP contribution in [0.5, 0.6) is 0 Å². The van der Waals surface area contributed by atoms with E-state index in [-0.39, 0.29) is 18.1 Å². The molecule has 1 aliphatic heterocycles. The second-order valence-electron chi connectivity index (χ2n) is 5.72. The summed E-state index contributed by atoms with van der Waals surface area (Å²) in [4.78, 5) is 0. The maximum absolute atomic E-state index is 13.7. The molecule has 2 atom stereocenters. The van der Waals surface area contributed by atoms with Gasteiger partial charge in [0.05, 0.1) is 17.9 Å². The molecule has 1 heterocycles. The van der Waals surface area contributed by atoms with Gasteiger partial charge in [0.25, 0.3) is 0 Å². The van der Waals surface area contributed by atoms with E-state index in [4.69, 9.17) is 16.3 Å². The number of nitrogens with zero attached hydrogens (tertiary/aromatic N) is 1. The summed E-state index contributed by atoms with van der Waals surface area (Å²) in [5, 5.41) is 14.0. The molecule has 1 unspecified atom stereocenters. The van der Waals surface area contributed by atoms with E-state index in [9.17, 15) is 17.9 Å². The molecule has 2 rings (SSSR count). The minimum atomic E-state index is -3.48. The normalized spacial score (nSPS) is 26.3. The summed E-state index contributed by atoms with van der Waals surface area (Å²) in [7, 11) is -2.11. The molecule has 1 aromatic carbocycles. The predicted octanol–water partition coefficient (Wildman–Crippen LogP) is 0.763. The molecule has 0 aliphatic carbocycles. The van der Waals surface area contributed by atoms with E-state index in [1.54, 1.807) is 6.07 Å². The molecule has 0 bridgehead atoms. The van der Waals surface area contributed by atoms with Gasteiger partial charge in [-0.1, -0.05) is 17.7 Å². The number of nitrogens with one attached hydrogen (secondary N) is 1. The monoisotopic (exact) mass is 366 g/mol. The molecule has 1 saturated heterocycles. The van der Waals surface area contributed by atoms with Gasteiger partial charge in [0, 0.05) is 26.7 Å². The summed E-state index contributed by atoms with van der Waals surface area (Å²) in [6.45, 7) is 0.729. The fourth-order valence-electron chi connectivity index (χ4n) is 2.53. The highest BCUT2D eigenvalue weighted by atomic mass is 35.5. The van der Waals surface area contributed by atoms with E-state index in [1.165, 1.54) is 19.2 Å². The quantitative estimate of drug-likeness (QED) is 0.822. The number of β-amino-alcohol motifs (C(OH)–C–C–N with tert-alkyl or cyclic N) is 1. The van der Waals surface area contributed by atoms with Gasteiger partial charge in [-0.15, -0.1) is 0 Å². The van der Waals surface area contributed by atoms with Crippen LogP contribution in [-0.4, -0.2) is 63.0 Å². The highest BCUT2D eigenvalue weighted by molar-refractivity contribution is 7.88. The molecule has 9 heteroatoms. The van der Waals surface area contributed by atoms with Gasteiger partial charge in [-0.2, -0.15) is 0 Å². The van der Waals surface area contributed by atoms with E-state index in [2.05, 4.69) is 5.32 Å². The molecule has 1 aromatic rings. The summed E-state index contributed by atoms with van der Waals surface area (Å²) in [5.41, 5.74) is -1.14. The lowest BCUT2D eigenvalue weighted by Crippen LogP contribution is -2.53. The Morgan fingerprint density at radius 3 is 2.87 bits per heavy atom. The van der Waals surface area contributed by atoms with Crippen molar-refractivity contribution in [1.82, 2.24) is 9.62 Å². The Morgan fingerprint density at radius 2 is 2.26 bits per heavy atom. The van der Waals surface area contributed by atoms with Gasteiger partial charge in [-0.05, 0) is 17.7 Å². The van der Waals surface area contributed by atoms with Crippen molar-refractivity contribution in [2.24, 2.45) is 0 Å². The third-order valence-electron chi connectivity index (χ3n) is 3.79. The van der Waals surface area contributed by atoms with Crippen molar-refractivity contribution in [2.45, 2.75) is 11.7 Å². The Balaban J connectivity index is 2.37. The number of aliphatic hydroxyl groups is 1. The van der Waals surface area contributed by atoms with Gasteiger partial charge >= 0.3 is 0 Å². The van der Waals surface area contributed by atoms with Crippen LogP contribution in [0.4, 0.5) is 4.39 Å². The standard InChI is InChI=1S/C14H20ClFN2O4S/c1-18(23(2,20)21)9-14(19)8-17-5-6-22-13(14)10-3-4-11(15)12(16)7-10/h3-4,7,13,17,19H,5-6,8-9H2,1-2H3/t13?,14-/m0/s1. The van der Waals surface area contributed by atoms with Crippen LogP contribution in [0.3, 0.4) is 0 Å². The summed E-state index contributed by atoms with van der Waals surface area (Å²) >= 11 is 5.69. The number of likely N-dealkylation sites (N-methyl/N-ethyl adjacent to an activating group) is 1. The van der Waals surface area contributed by atoms with E-state index >= 15 is 0 Å². The number of benzene rings is 1. The molecule has 1 fully saturated rings. The highest BCUT2D eigenvalue weighted by Crippen LogP contribution is 2.33. The molecule has 0 radical (unpaired) electrons. The Labute approximate surface area is 140 Å². The SMILES string of the molecule is CN(C[C@@]1(O)CNCCOC1c1ccc(Cl)c(F)c1)S(C)(=O)=O. The van der Waals surface area contributed by atoms with Crippen molar-refractivity contribution >= 4 is 21.6 Å². The summed E-state index contributed by atoms with van der Waals surface area (Å²) < 4.78 is 43.8. The van der Waals surface area contributed by atoms with E-state index in [1.807, 2.05) is 0 Å².